The van der Waals surface area contributed by atoms with Crippen molar-refractivity contribution in [1.82, 2.24) is 0 Å². The summed E-state index contributed by atoms with van der Waals surface area (Å²) in [7, 11) is 0. The Morgan fingerprint density at radius 2 is 1.00 bits per heavy atom. The molecule has 5 rings (SSSR count). The van der Waals surface area contributed by atoms with E-state index in [1.807, 2.05) is 0 Å². The minimum atomic E-state index is -0.204. The molecule has 0 fully saturated rings. The number of halogens is 2. The van der Waals surface area contributed by atoms with E-state index in [1.165, 1.54) is 33.4 Å². The fourth-order valence-electron chi connectivity index (χ4n) is 4.89. The Labute approximate surface area is 188 Å². The Morgan fingerprint density at radius 1 is 0.586 bits per heavy atom. The molecule has 29 heavy (non-hydrogen) atoms. The Hall–Kier alpha value is -2.16. The van der Waals surface area contributed by atoms with Crippen LogP contribution in [0.25, 0.3) is 11.1 Å². The Morgan fingerprint density at radius 3 is 1.41 bits per heavy atom. The van der Waals surface area contributed by atoms with Gasteiger partial charge in [0.2, 0.25) is 0 Å². The number of benzene rings is 4. The SMILES string of the molecule is CC(c1ccccc1)(c1ccccc1)C1c2cc(Br)ccc2-c2ccc(Br)cc21. The van der Waals surface area contributed by atoms with Crippen LogP contribution in [0.5, 0.6) is 0 Å². The van der Waals surface area contributed by atoms with Gasteiger partial charge in [-0.25, -0.2) is 0 Å². The van der Waals surface area contributed by atoms with Gasteiger partial charge >= 0.3 is 0 Å². The van der Waals surface area contributed by atoms with Crippen molar-refractivity contribution in [3.8, 4) is 11.1 Å². The summed E-state index contributed by atoms with van der Waals surface area (Å²) in [6.45, 7) is 2.39. The zero-order valence-corrected chi connectivity index (χ0v) is 19.2. The van der Waals surface area contributed by atoms with Crippen LogP contribution in [0.3, 0.4) is 0 Å². The quantitative estimate of drug-likeness (QED) is 0.263. The normalized spacial score (nSPS) is 13.2. The lowest BCUT2D eigenvalue weighted by Gasteiger charge is -2.38. The highest BCUT2D eigenvalue weighted by atomic mass is 79.9. The molecule has 0 N–H and O–H groups in total. The first kappa shape index (κ1) is 18.8. The first-order valence-corrected chi connectivity index (χ1v) is 11.4. The monoisotopic (exact) mass is 502 g/mol. The van der Waals surface area contributed by atoms with E-state index in [4.69, 9.17) is 0 Å². The Bertz CT molecular complexity index is 1090. The van der Waals surface area contributed by atoms with Gasteiger partial charge in [-0.05, 0) is 57.6 Å². The summed E-state index contributed by atoms with van der Waals surface area (Å²) in [6, 6.07) is 35.3. The van der Waals surface area contributed by atoms with Crippen LogP contribution < -0.4 is 0 Å². The summed E-state index contributed by atoms with van der Waals surface area (Å²) in [6.07, 6.45) is 0. The molecule has 0 spiro atoms. The first-order chi connectivity index (χ1) is 14.1. The zero-order valence-electron chi connectivity index (χ0n) is 16.1. The fraction of sp³-hybridized carbons (Fsp3) is 0.111. The summed E-state index contributed by atoms with van der Waals surface area (Å²) >= 11 is 7.44. The topological polar surface area (TPSA) is 0 Å². The van der Waals surface area contributed by atoms with Gasteiger partial charge in [-0.3, -0.25) is 0 Å². The molecule has 0 saturated carbocycles. The van der Waals surface area contributed by atoms with Gasteiger partial charge in [0.05, 0.1) is 0 Å². The van der Waals surface area contributed by atoms with Gasteiger partial charge in [0.1, 0.15) is 0 Å². The van der Waals surface area contributed by atoms with E-state index < -0.39 is 0 Å². The van der Waals surface area contributed by atoms with E-state index in [0.717, 1.165) is 8.95 Å². The van der Waals surface area contributed by atoms with Crippen LogP contribution in [0.15, 0.2) is 106 Å². The lowest BCUT2D eigenvalue weighted by Crippen LogP contribution is -2.31. The van der Waals surface area contributed by atoms with Crippen molar-refractivity contribution in [3.63, 3.8) is 0 Å². The molecule has 0 atom stereocenters. The van der Waals surface area contributed by atoms with Crippen molar-refractivity contribution in [1.29, 1.82) is 0 Å². The van der Waals surface area contributed by atoms with Crippen molar-refractivity contribution in [2.45, 2.75) is 18.3 Å². The van der Waals surface area contributed by atoms with Crippen molar-refractivity contribution < 1.29 is 0 Å². The molecular weight excluding hydrogens is 484 g/mol. The van der Waals surface area contributed by atoms with Crippen LogP contribution in [0, 0.1) is 0 Å². The molecule has 4 aromatic rings. The molecule has 0 saturated heterocycles. The molecule has 0 unspecified atom stereocenters. The molecule has 1 aliphatic carbocycles. The molecule has 0 aromatic heterocycles. The van der Waals surface area contributed by atoms with Crippen LogP contribution in [0.4, 0.5) is 0 Å². The van der Waals surface area contributed by atoms with E-state index >= 15 is 0 Å². The van der Waals surface area contributed by atoms with E-state index in [0.29, 0.717) is 0 Å². The van der Waals surface area contributed by atoms with Crippen LogP contribution in [-0.4, -0.2) is 0 Å². The molecule has 4 aromatic carbocycles. The minimum Gasteiger partial charge on any atom is -0.0622 e. The largest absolute Gasteiger partial charge is 0.0622 e. The summed E-state index contributed by atoms with van der Waals surface area (Å²) < 4.78 is 2.24. The lowest BCUT2D eigenvalue weighted by molar-refractivity contribution is 0.505. The fourth-order valence-corrected chi connectivity index (χ4v) is 5.65. The summed E-state index contributed by atoms with van der Waals surface area (Å²) in [5, 5.41) is 0. The highest BCUT2D eigenvalue weighted by Crippen LogP contribution is 2.56. The maximum atomic E-state index is 3.72. The third kappa shape index (κ3) is 3.01. The van der Waals surface area contributed by atoms with Crippen molar-refractivity contribution in [2.75, 3.05) is 0 Å². The molecule has 0 bridgehead atoms. The number of hydrogen-bond acceptors (Lipinski definition) is 0. The second kappa shape index (κ2) is 7.27. The predicted octanol–water partition coefficient (Wildman–Crippen LogP) is 8.33. The van der Waals surface area contributed by atoms with Gasteiger partial charge in [-0.15, -0.1) is 0 Å². The first-order valence-electron chi connectivity index (χ1n) is 9.79. The second-order valence-electron chi connectivity index (χ2n) is 7.83. The van der Waals surface area contributed by atoms with Crippen molar-refractivity contribution in [2.24, 2.45) is 0 Å². The average molecular weight is 504 g/mol. The number of fused-ring (bicyclic) bond motifs is 3. The van der Waals surface area contributed by atoms with Gasteiger partial charge in [0, 0.05) is 20.3 Å². The molecule has 0 heterocycles. The van der Waals surface area contributed by atoms with Gasteiger partial charge in [0.15, 0.2) is 0 Å². The lowest BCUT2D eigenvalue weighted by atomic mass is 9.64. The maximum absolute atomic E-state index is 3.72. The molecule has 142 valence electrons. The van der Waals surface area contributed by atoms with Crippen LogP contribution in [0.1, 0.15) is 35.1 Å². The van der Waals surface area contributed by atoms with E-state index in [1.54, 1.807) is 0 Å². The van der Waals surface area contributed by atoms with Gasteiger partial charge in [-0.2, -0.15) is 0 Å². The van der Waals surface area contributed by atoms with Crippen LogP contribution >= 0.6 is 31.9 Å². The third-order valence-electron chi connectivity index (χ3n) is 6.26. The highest BCUT2D eigenvalue weighted by molar-refractivity contribution is 9.10. The third-order valence-corrected chi connectivity index (χ3v) is 7.25. The number of rotatable bonds is 3. The van der Waals surface area contributed by atoms with Gasteiger partial charge in [-0.1, -0.05) is 112 Å². The summed E-state index contributed by atoms with van der Waals surface area (Å²) in [5.41, 5.74) is 7.87. The van der Waals surface area contributed by atoms with Crippen molar-refractivity contribution >= 4 is 31.9 Å². The van der Waals surface area contributed by atoms with Crippen LogP contribution in [-0.2, 0) is 5.41 Å². The van der Waals surface area contributed by atoms with E-state index in [9.17, 15) is 0 Å². The highest BCUT2D eigenvalue weighted by Gasteiger charge is 2.44. The maximum Gasteiger partial charge on any atom is 0.0284 e. The molecular formula is C27H20Br2. The average Bonchev–Trinajstić information content (AvgIpc) is 3.07. The van der Waals surface area contributed by atoms with Gasteiger partial charge in [0.25, 0.3) is 0 Å². The minimum absolute atomic E-state index is 0.204. The van der Waals surface area contributed by atoms with Crippen molar-refractivity contribution in [3.05, 3.63) is 128 Å². The second-order valence-corrected chi connectivity index (χ2v) is 9.66. The number of hydrogen-bond donors (Lipinski definition) is 0. The molecule has 0 radical (unpaired) electrons. The smallest absolute Gasteiger partial charge is 0.0284 e. The molecule has 0 aliphatic heterocycles. The standard InChI is InChI=1S/C27H20Br2/c1-27(18-8-4-2-5-9-18,19-10-6-3-7-11-19)26-24-16-20(28)12-14-22(24)23-15-13-21(29)17-25(23)26/h2-17,26H,1H3. The Kier molecular flexibility index (Phi) is 4.72. The van der Waals surface area contributed by atoms with E-state index in [2.05, 4.69) is 136 Å². The van der Waals surface area contributed by atoms with Gasteiger partial charge < -0.3 is 0 Å². The Balaban J connectivity index is 1.86. The zero-order chi connectivity index (χ0) is 20.0. The predicted molar refractivity (Wildman–Crippen MR) is 128 cm³/mol. The summed E-state index contributed by atoms with van der Waals surface area (Å²) in [4.78, 5) is 0. The van der Waals surface area contributed by atoms with E-state index in [-0.39, 0.29) is 11.3 Å². The molecule has 1 aliphatic rings. The molecule has 0 nitrogen and oxygen atoms in total. The summed E-state index contributed by atoms with van der Waals surface area (Å²) in [5.74, 6) is 0.215. The molecule has 2 heteroatoms. The molecule has 0 amide bonds. The van der Waals surface area contributed by atoms with Crippen LogP contribution in [0.2, 0.25) is 0 Å².